The summed E-state index contributed by atoms with van der Waals surface area (Å²) in [5.74, 6) is 0.836. The maximum Gasteiger partial charge on any atom is 0.124 e. The lowest BCUT2D eigenvalue weighted by atomic mass is 9.98. The van der Waals surface area contributed by atoms with E-state index in [1.54, 1.807) is 7.11 Å². The Bertz CT molecular complexity index is 574. The van der Waals surface area contributed by atoms with Gasteiger partial charge in [0.05, 0.1) is 13.2 Å². The second-order valence-corrected chi connectivity index (χ2v) is 5.73. The fourth-order valence-corrected chi connectivity index (χ4v) is 3.00. The van der Waals surface area contributed by atoms with Crippen LogP contribution in [0, 0.1) is 3.57 Å². The van der Waals surface area contributed by atoms with Crippen LogP contribution in [-0.2, 0) is 0 Å². The highest BCUT2D eigenvalue weighted by molar-refractivity contribution is 14.1. The molecule has 4 heteroatoms. The molecule has 0 aliphatic carbocycles. The van der Waals surface area contributed by atoms with E-state index in [2.05, 4.69) is 40.0 Å². The molecule has 0 fully saturated rings. The number of nitrogens with one attached hydrogen (secondary N) is 1. The van der Waals surface area contributed by atoms with Gasteiger partial charge in [0.15, 0.2) is 0 Å². The minimum absolute atomic E-state index is 0.0572. The van der Waals surface area contributed by atoms with Gasteiger partial charge in [-0.25, -0.2) is 0 Å². The second-order valence-electron chi connectivity index (χ2n) is 4.13. The van der Waals surface area contributed by atoms with Gasteiger partial charge < -0.3 is 10.1 Å². The van der Waals surface area contributed by atoms with Crippen LogP contribution in [-0.4, -0.2) is 14.2 Å². The number of benzene rings is 2. The molecule has 1 unspecified atom stereocenters. The molecule has 100 valence electrons. The number of hydrogen-bond acceptors (Lipinski definition) is 2. The van der Waals surface area contributed by atoms with Crippen LogP contribution in [0.15, 0.2) is 42.5 Å². The fourth-order valence-electron chi connectivity index (χ4n) is 2.12. The summed E-state index contributed by atoms with van der Waals surface area (Å²) < 4.78 is 6.65. The van der Waals surface area contributed by atoms with E-state index < -0.39 is 0 Å². The van der Waals surface area contributed by atoms with Crippen LogP contribution >= 0.6 is 34.2 Å². The van der Waals surface area contributed by atoms with Gasteiger partial charge >= 0.3 is 0 Å². The standard InChI is InChI=1S/C15H15ClINO/c1-18-15(11-5-3-4-6-13(11)17)12-9-10(16)7-8-14(12)19-2/h3-9,15,18H,1-2H3. The van der Waals surface area contributed by atoms with E-state index >= 15 is 0 Å². The molecule has 2 aromatic carbocycles. The highest BCUT2D eigenvalue weighted by atomic mass is 127. The quantitative estimate of drug-likeness (QED) is 0.792. The van der Waals surface area contributed by atoms with Crippen molar-refractivity contribution in [1.82, 2.24) is 5.32 Å². The van der Waals surface area contributed by atoms with E-state index in [1.165, 1.54) is 9.13 Å². The van der Waals surface area contributed by atoms with E-state index in [9.17, 15) is 0 Å². The summed E-state index contributed by atoms with van der Waals surface area (Å²) in [6.45, 7) is 0. The first-order valence-corrected chi connectivity index (χ1v) is 7.38. The molecule has 0 aliphatic heterocycles. The lowest BCUT2D eigenvalue weighted by Gasteiger charge is -2.21. The number of hydrogen-bond donors (Lipinski definition) is 1. The number of rotatable bonds is 4. The van der Waals surface area contributed by atoms with Gasteiger partial charge in [0.1, 0.15) is 5.75 Å². The molecular weight excluding hydrogens is 373 g/mol. The van der Waals surface area contributed by atoms with Crippen molar-refractivity contribution in [2.75, 3.05) is 14.2 Å². The maximum absolute atomic E-state index is 6.12. The fraction of sp³-hybridized carbons (Fsp3) is 0.200. The van der Waals surface area contributed by atoms with Crippen LogP contribution in [0.3, 0.4) is 0 Å². The van der Waals surface area contributed by atoms with Gasteiger partial charge in [0, 0.05) is 14.2 Å². The highest BCUT2D eigenvalue weighted by Crippen LogP contribution is 2.33. The van der Waals surface area contributed by atoms with Crippen molar-refractivity contribution in [2.24, 2.45) is 0 Å². The molecule has 1 atom stereocenters. The molecule has 0 spiro atoms. The topological polar surface area (TPSA) is 21.3 Å². The molecule has 0 amide bonds. The number of methoxy groups -OCH3 is 1. The van der Waals surface area contributed by atoms with Crippen LogP contribution in [0.4, 0.5) is 0 Å². The van der Waals surface area contributed by atoms with Gasteiger partial charge in [-0.2, -0.15) is 0 Å². The summed E-state index contributed by atoms with van der Waals surface area (Å²) in [5, 5.41) is 4.04. The minimum Gasteiger partial charge on any atom is -0.496 e. The van der Waals surface area contributed by atoms with E-state index in [-0.39, 0.29) is 6.04 Å². The van der Waals surface area contributed by atoms with E-state index in [4.69, 9.17) is 16.3 Å². The molecule has 0 aliphatic rings. The molecular formula is C15H15ClINO. The van der Waals surface area contributed by atoms with Crippen molar-refractivity contribution in [3.05, 3.63) is 62.2 Å². The molecule has 19 heavy (non-hydrogen) atoms. The van der Waals surface area contributed by atoms with Gasteiger partial charge in [-0.3, -0.25) is 0 Å². The zero-order valence-corrected chi connectivity index (χ0v) is 13.7. The molecule has 0 heterocycles. The number of halogens is 2. The number of ether oxygens (including phenoxy) is 1. The zero-order chi connectivity index (χ0) is 13.8. The maximum atomic E-state index is 6.12. The highest BCUT2D eigenvalue weighted by Gasteiger charge is 2.18. The Labute approximate surface area is 132 Å². The summed E-state index contributed by atoms with van der Waals surface area (Å²) in [7, 11) is 3.61. The molecule has 0 saturated carbocycles. The second kappa shape index (κ2) is 6.59. The van der Waals surface area contributed by atoms with Gasteiger partial charge in [0.2, 0.25) is 0 Å². The molecule has 0 radical (unpaired) electrons. The predicted molar refractivity (Wildman–Crippen MR) is 88.1 cm³/mol. The molecule has 2 aromatic rings. The summed E-state index contributed by atoms with van der Waals surface area (Å²) in [6, 6.07) is 14.0. The third-order valence-electron chi connectivity index (χ3n) is 3.01. The van der Waals surface area contributed by atoms with Crippen LogP contribution in [0.2, 0.25) is 5.02 Å². The Morgan fingerprint density at radius 1 is 1.16 bits per heavy atom. The Balaban J connectivity index is 2.54. The molecule has 1 N–H and O–H groups in total. The summed E-state index contributed by atoms with van der Waals surface area (Å²) >= 11 is 8.46. The van der Waals surface area contributed by atoms with Gasteiger partial charge in [-0.1, -0.05) is 29.8 Å². The third-order valence-corrected chi connectivity index (χ3v) is 4.23. The largest absolute Gasteiger partial charge is 0.496 e. The molecule has 0 aromatic heterocycles. The van der Waals surface area contributed by atoms with Gasteiger partial charge in [0.25, 0.3) is 0 Å². The van der Waals surface area contributed by atoms with E-state index in [1.807, 2.05) is 37.4 Å². The van der Waals surface area contributed by atoms with E-state index in [0.29, 0.717) is 5.02 Å². The summed E-state index contributed by atoms with van der Waals surface area (Å²) in [6.07, 6.45) is 0. The first-order valence-electron chi connectivity index (χ1n) is 5.92. The lowest BCUT2D eigenvalue weighted by molar-refractivity contribution is 0.405. The van der Waals surface area contributed by atoms with Gasteiger partial charge in [-0.05, 0) is 59.5 Å². The van der Waals surface area contributed by atoms with Crippen molar-refractivity contribution >= 4 is 34.2 Å². The molecule has 0 saturated heterocycles. The lowest BCUT2D eigenvalue weighted by Crippen LogP contribution is -2.19. The van der Waals surface area contributed by atoms with Crippen LogP contribution in [0.1, 0.15) is 17.2 Å². The third kappa shape index (κ3) is 3.22. The average molecular weight is 388 g/mol. The minimum atomic E-state index is 0.0572. The average Bonchev–Trinajstić information content (AvgIpc) is 2.42. The Morgan fingerprint density at radius 3 is 2.53 bits per heavy atom. The molecule has 2 rings (SSSR count). The monoisotopic (exact) mass is 387 g/mol. The molecule has 2 nitrogen and oxygen atoms in total. The van der Waals surface area contributed by atoms with Crippen LogP contribution < -0.4 is 10.1 Å². The first kappa shape index (κ1) is 14.6. The van der Waals surface area contributed by atoms with Crippen molar-refractivity contribution < 1.29 is 4.74 Å². The Kier molecular flexibility index (Phi) is 5.07. The Hall–Kier alpha value is -0.780. The summed E-state index contributed by atoms with van der Waals surface area (Å²) in [4.78, 5) is 0. The van der Waals surface area contributed by atoms with Crippen molar-refractivity contribution in [2.45, 2.75) is 6.04 Å². The summed E-state index contributed by atoms with van der Waals surface area (Å²) in [5.41, 5.74) is 2.26. The van der Waals surface area contributed by atoms with Crippen molar-refractivity contribution in [3.8, 4) is 5.75 Å². The first-order chi connectivity index (χ1) is 9.17. The van der Waals surface area contributed by atoms with Gasteiger partial charge in [-0.15, -0.1) is 0 Å². The van der Waals surface area contributed by atoms with Crippen LogP contribution in [0.25, 0.3) is 0 Å². The SMILES string of the molecule is CNC(c1ccccc1I)c1cc(Cl)ccc1OC. The molecule has 0 bridgehead atoms. The zero-order valence-electron chi connectivity index (χ0n) is 10.8. The normalized spacial score (nSPS) is 12.2. The smallest absolute Gasteiger partial charge is 0.124 e. The van der Waals surface area contributed by atoms with E-state index in [0.717, 1.165) is 11.3 Å². The predicted octanol–water partition coefficient (Wildman–Crippen LogP) is 4.26. The van der Waals surface area contributed by atoms with Crippen LogP contribution in [0.5, 0.6) is 5.75 Å². The van der Waals surface area contributed by atoms with Crippen molar-refractivity contribution in [1.29, 1.82) is 0 Å². The van der Waals surface area contributed by atoms with Crippen molar-refractivity contribution in [3.63, 3.8) is 0 Å². The Morgan fingerprint density at radius 2 is 1.89 bits per heavy atom.